The van der Waals surface area contributed by atoms with Gasteiger partial charge in [-0.05, 0) is 67.1 Å². The van der Waals surface area contributed by atoms with E-state index in [0.29, 0.717) is 0 Å². The van der Waals surface area contributed by atoms with E-state index in [1.165, 1.54) is 6.42 Å². The Labute approximate surface area is 146 Å². The van der Waals surface area contributed by atoms with E-state index in [-0.39, 0.29) is 0 Å². The summed E-state index contributed by atoms with van der Waals surface area (Å²) in [6, 6.07) is 0. The van der Waals surface area contributed by atoms with Gasteiger partial charge in [0.25, 0.3) is 0 Å². The molecule has 0 aromatic heterocycles. The molecule has 0 heterocycles. The molecule has 0 aromatic rings. The molecule has 0 fully saturated rings. The first-order valence-electron chi connectivity index (χ1n) is 7.66. The third kappa shape index (κ3) is 429. The normalized spacial score (nSPS) is 7.09. The molecule has 144 valence electrons. The number of hydrogen-bond donors (Lipinski definition) is 3. The summed E-state index contributed by atoms with van der Waals surface area (Å²) < 4.78 is 8.79. The fourth-order valence-electron chi connectivity index (χ4n) is 0.250. The van der Waals surface area contributed by atoms with Gasteiger partial charge in [0, 0.05) is 27.9 Å². The molecule has 0 atom stereocenters. The second-order valence-corrected chi connectivity index (χ2v) is 4.52. The van der Waals surface area contributed by atoms with Crippen LogP contribution in [0.15, 0.2) is 0 Å². The van der Waals surface area contributed by atoms with Crippen molar-refractivity contribution in [3.05, 3.63) is 0 Å². The standard InChI is InChI=1S/C4H11N.C3H9N.C3H8O.C2H7N.C2H6O.C2H6S/c1-3-4-5-2;2*1-3-4-2;3*1-3-2/h5H,3-4H2,1-2H3;4H,3H2,1-2H3;3H2,1-2H3;3H,1-2H3;2*1-2H3. The average Bonchev–Trinajstić information content (AvgIpc) is 2.51. The zero-order valence-corrected chi connectivity index (χ0v) is 18.4. The highest BCUT2D eigenvalue weighted by Crippen LogP contribution is 1.70. The van der Waals surface area contributed by atoms with Crippen LogP contribution in [0.1, 0.15) is 27.2 Å². The van der Waals surface area contributed by atoms with Crippen LogP contribution in [-0.4, -0.2) is 81.7 Å². The predicted molar refractivity (Wildman–Crippen MR) is 109 cm³/mol. The predicted octanol–water partition coefficient (Wildman–Crippen LogP) is 2.57. The second-order valence-electron chi connectivity index (χ2n) is 3.70. The molecular weight excluding hydrogens is 298 g/mol. The van der Waals surface area contributed by atoms with Crippen LogP contribution in [0.3, 0.4) is 0 Å². The van der Waals surface area contributed by atoms with Gasteiger partial charge in [-0.15, -0.1) is 0 Å². The summed E-state index contributed by atoms with van der Waals surface area (Å²) in [4.78, 5) is 0. The van der Waals surface area contributed by atoms with Crippen LogP contribution in [0.5, 0.6) is 0 Å². The van der Waals surface area contributed by atoms with Gasteiger partial charge in [-0.1, -0.05) is 13.8 Å². The zero-order chi connectivity index (χ0) is 19.1. The maximum absolute atomic E-state index is 4.54. The molecule has 0 rings (SSSR count). The fraction of sp³-hybridized carbons (Fsp3) is 1.00. The minimum atomic E-state index is 0.819. The van der Waals surface area contributed by atoms with Crippen LogP contribution in [0, 0.1) is 0 Å². The molecule has 0 bridgehead atoms. The Morgan fingerprint density at radius 2 is 1.05 bits per heavy atom. The molecule has 0 aliphatic heterocycles. The van der Waals surface area contributed by atoms with E-state index >= 15 is 0 Å². The quantitative estimate of drug-likeness (QED) is 0.728. The molecule has 0 aromatic carbocycles. The monoisotopic (exact) mass is 345 g/mol. The lowest BCUT2D eigenvalue weighted by Crippen LogP contribution is -2.04. The summed E-state index contributed by atoms with van der Waals surface area (Å²) >= 11 is 1.75. The molecular formula is C16H47N3O2S. The lowest BCUT2D eigenvalue weighted by molar-refractivity contribution is 0.215. The van der Waals surface area contributed by atoms with E-state index in [1.54, 1.807) is 33.1 Å². The smallest absolute Gasteiger partial charge is 0.0433 e. The van der Waals surface area contributed by atoms with Gasteiger partial charge in [0.15, 0.2) is 0 Å². The summed E-state index contributed by atoms with van der Waals surface area (Å²) in [6.07, 6.45) is 5.32. The maximum Gasteiger partial charge on any atom is 0.0433 e. The SMILES string of the molecule is CCCNC.CCNC.CCOC.CNC.COC.CSC. The number of ether oxygens (including phenoxy) is 2. The van der Waals surface area contributed by atoms with Gasteiger partial charge in [-0.2, -0.15) is 11.8 Å². The molecule has 22 heavy (non-hydrogen) atoms. The molecule has 0 spiro atoms. The summed E-state index contributed by atoms with van der Waals surface area (Å²) in [5, 5.41) is 8.70. The second kappa shape index (κ2) is 83.4. The van der Waals surface area contributed by atoms with E-state index in [2.05, 4.69) is 39.3 Å². The van der Waals surface area contributed by atoms with Crippen molar-refractivity contribution in [2.75, 3.05) is 81.7 Å². The number of nitrogens with one attached hydrogen (secondary N) is 3. The third-order valence-corrected chi connectivity index (χ3v) is 1.14. The van der Waals surface area contributed by atoms with E-state index in [4.69, 9.17) is 0 Å². The summed E-state index contributed by atoms with van der Waals surface area (Å²) in [6.45, 7) is 9.20. The first-order valence-corrected chi connectivity index (χ1v) is 9.29. The Balaban J connectivity index is -0.0000000354. The van der Waals surface area contributed by atoms with Crippen LogP contribution < -0.4 is 16.0 Å². The first-order chi connectivity index (χ1) is 10.5. The number of hydrogen-bond acceptors (Lipinski definition) is 6. The van der Waals surface area contributed by atoms with Crippen molar-refractivity contribution in [3.8, 4) is 0 Å². The van der Waals surface area contributed by atoms with E-state index in [1.807, 2.05) is 47.6 Å². The van der Waals surface area contributed by atoms with Crippen LogP contribution in [0.25, 0.3) is 0 Å². The van der Waals surface area contributed by atoms with Gasteiger partial charge in [-0.25, -0.2) is 0 Å². The molecule has 0 aliphatic rings. The Kier molecular flexibility index (Phi) is 144. The fourth-order valence-corrected chi connectivity index (χ4v) is 0.250. The van der Waals surface area contributed by atoms with Crippen molar-refractivity contribution in [1.82, 2.24) is 16.0 Å². The molecule has 3 N–H and O–H groups in total. The Morgan fingerprint density at radius 1 is 0.818 bits per heavy atom. The molecule has 6 heteroatoms. The average molecular weight is 346 g/mol. The van der Waals surface area contributed by atoms with Crippen molar-refractivity contribution in [3.63, 3.8) is 0 Å². The van der Waals surface area contributed by atoms with Gasteiger partial charge >= 0.3 is 0 Å². The molecule has 0 unspecified atom stereocenters. The number of thioether (sulfide) groups is 1. The maximum atomic E-state index is 4.54. The highest BCUT2D eigenvalue weighted by molar-refractivity contribution is 7.97. The Bertz CT molecular complexity index is 79.0. The largest absolute Gasteiger partial charge is 0.388 e. The van der Waals surface area contributed by atoms with Gasteiger partial charge < -0.3 is 25.4 Å². The third-order valence-electron chi connectivity index (χ3n) is 1.14. The minimum Gasteiger partial charge on any atom is -0.388 e. The molecule has 0 saturated carbocycles. The highest BCUT2D eigenvalue weighted by Gasteiger charge is 1.64. The molecule has 0 amide bonds. The number of methoxy groups -OCH3 is 2. The summed E-state index contributed by atoms with van der Waals surface area (Å²) in [7, 11) is 12.6. The van der Waals surface area contributed by atoms with E-state index < -0.39 is 0 Å². The van der Waals surface area contributed by atoms with E-state index in [0.717, 1.165) is 19.7 Å². The lowest BCUT2D eigenvalue weighted by Gasteiger charge is -1.84. The summed E-state index contributed by atoms with van der Waals surface area (Å²) in [5.74, 6) is 0. The zero-order valence-electron chi connectivity index (χ0n) is 17.6. The van der Waals surface area contributed by atoms with Crippen molar-refractivity contribution < 1.29 is 9.47 Å². The van der Waals surface area contributed by atoms with Crippen molar-refractivity contribution >= 4 is 11.8 Å². The number of rotatable bonds is 4. The van der Waals surface area contributed by atoms with Crippen LogP contribution >= 0.6 is 11.8 Å². The molecule has 0 radical (unpaired) electrons. The van der Waals surface area contributed by atoms with Gasteiger partial charge in [0.1, 0.15) is 0 Å². The Hall–Kier alpha value is 0.150. The van der Waals surface area contributed by atoms with Gasteiger partial charge in [-0.3, -0.25) is 0 Å². The van der Waals surface area contributed by atoms with Gasteiger partial charge in [0.05, 0.1) is 0 Å². The first kappa shape index (κ1) is 38.0. The van der Waals surface area contributed by atoms with Crippen molar-refractivity contribution in [1.29, 1.82) is 0 Å². The molecule has 0 aliphatic carbocycles. The minimum absolute atomic E-state index is 0.819. The van der Waals surface area contributed by atoms with Crippen molar-refractivity contribution in [2.24, 2.45) is 0 Å². The molecule has 5 nitrogen and oxygen atoms in total. The molecule has 0 saturated heterocycles. The van der Waals surface area contributed by atoms with Gasteiger partial charge in [0.2, 0.25) is 0 Å². The van der Waals surface area contributed by atoms with Crippen LogP contribution in [0.4, 0.5) is 0 Å². The lowest BCUT2D eigenvalue weighted by atomic mass is 10.5. The highest BCUT2D eigenvalue weighted by atomic mass is 32.2. The van der Waals surface area contributed by atoms with Crippen molar-refractivity contribution in [2.45, 2.75) is 27.2 Å². The Morgan fingerprint density at radius 3 is 1.05 bits per heavy atom. The topological polar surface area (TPSA) is 54.5 Å². The van der Waals surface area contributed by atoms with E-state index in [9.17, 15) is 0 Å². The summed E-state index contributed by atoms with van der Waals surface area (Å²) in [5.41, 5.74) is 0. The van der Waals surface area contributed by atoms with Crippen LogP contribution in [0.2, 0.25) is 0 Å². The van der Waals surface area contributed by atoms with Crippen LogP contribution in [-0.2, 0) is 9.47 Å².